The number of amides is 1. The van der Waals surface area contributed by atoms with E-state index in [1.165, 1.54) is 0 Å². The topological polar surface area (TPSA) is 66.8 Å². The molecule has 6 heteroatoms. The fraction of sp³-hybridized carbons (Fsp3) is 0.385. The Kier molecular flexibility index (Phi) is 4.42. The molecule has 0 aromatic heterocycles. The summed E-state index contributed by atoms with van der Waals surface area (Å²) in [6.45, 7) is 0.777. The number of aliphatic carboxylic acids is 1. The summed E-state index contributed by atoms with van der Waals surface area (Å²) >= 11 is 3.36. The molecule has 0 aliphatic carbocycles. The second-order valence-corrected chi connectivity index (χ2v) is 5.38. The molecule has 0 spiro atoms. The summed E-state index contributed by atoms with van der Waals surface area (Å²) in [6.07, 6.45) is 0.214. The Balaban J connectivity index is 2.06. The fourth-order valence-corrected chi connectivity index (χ4v) is 2.40. The van der Waals surface area contributed by atoms with Gasteiger partial charge in [-0.15, -0.1) is 0 Å². The highest BCUT2D eigenvalue weighted by Gasteiger charge is 2.28. The number of nitrogens with zero attached hydrogens (tertiary/aromatic N) is 1. The molecule has 0 bridgehead atoms. The van der Waals surface area contributed by atoms with Crippen LogP contribution in [-0.4, -0.2) is 30.3 Å². The molecule has 0 radical (unpaired) electrons. The highest BCUT2D eigenvalue weighted by atomic mass is 79.9. The third-order valence-corrected chi connectivity index (χ3v) is 3.48. The quantitative estimate of drug-likeness (QED) is 0.923. The van der Waals surface area contributed by atoms with Gasteiger partial charge in [-0.05, 0) is 24.6 Å². The normalized spacial score (nSPS) is 19.1. The summed E-state index contributed by atoms with van der Waals surface area (Å²) in [4.78, 5) is 23.9. The third-order valence-electron chi connectivity index (χ3n) is 2.99. The van der Waals surface area contributed by atoms with Gasteiger partial charge in [-0.2, -0.15) is 0 Å². The first-order chi connectivity index (χ1) is 9.06. The Hall–Kier alpha value is -1.56. The van der Waals surface area contributed by atoms with Gasteiger partial charge >= 0.3 is 12.1 Å². The van der Waals surface area contributed by atoms with Crippen molar-refractivity contribution in [2.24, 2.45) is 5.92 Å². The van der Waals surface area contributed by atoms with Crippen molar-refractivity contribution in [3.8, 4) is 0 Å². The van der Waals surface area contributed by atoms with Crippen molar-refractivity contribution >= 4 is 33.7 Å². The predicted molar refractivity (Wildman–Crippen MR) is 73.2 cm³/mol. The SMILES string of the molecule is O=C(O)CCC1COC(=O)N(c2cccc(Br)c2)C1. The van der Waals surface area contributed by atoms with Crippen LogP contribution in [0.1, 0.15) is 12.8 Å². The summed E-state index contributed by atoms with van der Waals surface area (Å²) < 4.78 is 5.99. The second-order valence-electron chi connectivity index (χ2n) is 4.47. The molecule has 1 aliphatic heterocycles. The molecule has 19 heavy (non-hydrogen) atoms. The van der Waals surface area contributed by atoms with Gasteiger partial charge in [-0.1, -0.05) is 22.0 Å². The number of carboxylic acid groups (broad SMARTS) is 1. The maximum atomic E-state index is 11.8. The smallest absolute Gasteiger partial charge is 0.414 e. The number of hydrogen-bond donors (Lipinski definition) is 1. The molecule has 2 rings (SSSR count). The first kappa shape index (κ1) is 13.9. The number of carbonyl (C=O) groups is 2. The number of benzene rings is 1. The maximum absolute atomic E-state index is 11.8. The van der Waals surface area contributed by atoms with Crippen LogP contribution in [0.5, 0.6) is 0 Å². The van der Waals surface area contributed by atoms with E-state index in [0.717, 1.165) is 10.2 Å². The van der Waals surface area contributed by atoms with Crippen LogP contribution >= 0.6 is 15.9 Å². The summed E-state index contributed by atoms with van der Waals surface area (Å²) in [5.74, 6) is -0.779. The molecule has 5 nitrogen and oxygen atoms in total. The lowest BCUT2D eigenvalue weighted by Gasteiger charge is -2.32. The van der Waals surface area contributed by atoms with Crippen LogP contribution in [0.2, 0.25) is 0 Å². The summed E-state index contributed by atoms with van der Waals surface area (Å²) in [5.41, 5.74) is 0.749. The average Bonchev–Trinajstić information content (AvgIpc) is 2.37. The molecule has 1 fully saturated rings. The minimum Gasteiger partial charge on any atom is -0.481 e. The monoisotopic (exact) mass is 327 g/mol. The Labute approximate surface area is 119 Å². The molecule has 1 aromatic carbocycles. The van der Waals surface area contributed by atoms with Gasteiger partial charge in [0.05, 0.1) is 6.61 Å². The number of anilines is 1. The Morgan fingerprint density at radius 1 is 1.53 bits per heavy atom. The van der Waals surface area contributed by atoms with E-state index in [0.29, 0.717) is 13.0 Å². The van der Waals surface area contributed by atoms with Crippen molar-refractivity contribution in [3.63, 3.8) is 0 Å². The van der Waals surface area contributed by atoms with E-state index >= 15 is 0 Å². The molecule has 1 heterocycles. The molecule has 1 amide bonds. The van der Waals surface area contributed by atoms with E-state index in [1.54, 1.807) is 4.90 Å². The van der Waals surface area contributed by atoms with Crippen molar-refractivity contribution in [2.75, 3.05) is 18.1 Å². The van der Waals surface area contributed by atoms with E-state index in [1.807, 2.05) is 24.3 Å². The molecule has 1 N–H and O–H groups in total. The van der Waals surface area contributed by atoms with E-state index in [-0.39, 0.29) is 25.0 Å². The molecular formula is C13H14BrNO4. The fourth-order valence-electron chi connectivity index (χ4n) is 2.01. The average molecular weight is 328 g/mol. The zero-order chi connectivity index (χ0) is 13.8. The van der Waals surface area contributed by atoms with Gasteiger partial charge in [0.2, 0.25) is 0 Å². The summed E-state index contributed by atoms with van der Waals surface area (Å²) in [7, 11) is 0. The van der Waals surface area contributed by atoms with Gasteiger partial charge in [0.1, 0.15) is 0 Å². The van der Waals surface area contributed by atoms with Gasteiger partial charge < -0.3 is 9.84 Å². The van der Waals surface area contributed by atoms with Gasteiger partial charge in [0, 0.05) is 29.0 Å². The largest absolute Gasteiger partial charge is 0.481 e. The molecule has 1 atom stereocenters. The number of rotatable bonds is 4. The van der Waals surface area contributed by atoms with Crippen molar-refractivity contribution < 1.29 is 19.4 Å². The van der Waals surface area contributed by atoms with Crippen LogP contribution in [0.4, 0.5) is 10.5 Å². The number of ether oxygens (including phenoxy) is 1. The molecule has 1 aromatic rings. The lowest BCUT2D eigenvalue weighted by Crippen LogP contribution is -2.43. The number of halogens is 1. The van der Waals surface area contributed by atoms with E-state index in [2.05, 4.69) is 15.9 Å². The maximum Gasteiger partial charge on any atom is 0.414 e. The van der Waals surface area contributed by atoms with Crippen LogP contribution in [0.25, 0.3) is 0 Å². The summed E-state index contributed by atoms with van der Waals surface area (Å²) in [5, 5.41) is 8.69. The Morgan fingerprint density at radius 2 is 2.32 bits per heavy atom. The highest BCUT2D eigenvalue weighted by molar-refractivity contribution is 9.10. The van der Waals surface area contributed by atoms with Crippen LogP contribution in [0, 0.1) is 5.92 Å². The molecule has 102 valence electrons. The molecule has 1 saturated heterocycles. The molecule has 1 unspecified atom stereocenters. The second kappa shape index (κ2) is 6.06. The minimum atomic E-state index is -0.828. The highest BCUT2D eigenvalue weighted by Crippen LogP contribution is 2.25. The zero-order valence-electron chi connectivity index (χ0n) is 10.2. The van der Waals surface area contributed by atoms with Gasteiger partial charge in [0.15, 0.2) is 0 Å². The number of hydrogen-bond acceptors (Lipinski definition) is 3. The van der Waals surface area contributed by atoms with Crippen molar-refractivity contribution in [1.82, 2.24) is 0 Å². The van der Waals surface area contributed by atoms with Crippen molar-refractivity contribution in [2.45, 2.75) is 12.8 Å². The van der Waals surface area contributed by atoms with Gasteiger partial charge in [-0.3, -0.25) is 9.69 Å². The first-order valence-electron chi connectivity index (χ1n) is 5.98. The molecule has 0 saturated carbocycles. The Morgan fingerprint density at radius 3 is 3.00 bits per heavy atom. The van der Waals surface area contributed by atoms with Crippen LogP contribution < -0.4 is 4.90 Å². The summed E-state index contributed by atoms with van der Waals surface area (Å²) in [6, 6.07) is 7.38. The van der Waals surface area contributed by atoms with Crippen molar-refractivity contribution in [1.29, 1.82) is 0 Å². The standard InChI is InChI=1S/C13H14BrNO4/c14-10-2-1-3-11(6-10)15-7-9(4-5-12(16)17)8-19-13(15)18/h1-3,6,9H,4-5,7-8H2,(H,16,17). The first-order valence-corrected chi connectivity index (χ1v) is 6.77. The van der Waals surface area contributed by atoms with Crippen LogP contribution in [0.3, 0.4) is 0 Å². The molecule has 1 aliphatic rings. The van der Waals surface area contributed by atoms with Crippen molar-refractivity contribution in [3.05, 3.63) is 28.7 Å². The van der Waals surface area contributed by atoms with E-state index in [4.69, 9.17) is 9.84 Å². The van der Waals surface area contributed by atoms with Crippen LogP contribution in [-0.2, 0) is 9.53 Å². The zero-order valence-corrected chi connectivity index (χ0v) is 11.8. The lowest BCUT2D eigenvalue weighted by atomic mass is 10.0. The number of carboxylic acids is 1. The van der Waals surface area contributed by atoms with Gasteiger partial charge in [0.25, 0.3) is 0 Å². The van der Waals surface area contributed by atoms with Gasteiger partial charge in [-0.25, -0.2) is 4.79 Å². The Bertz CT molecular complexity index is 491. The lowest BCUT2D eigenvalue weighted by molar-refractivity contribution is -0.137. The third kappa shape index (κ3) is 3.70. The molecular weight excluding hydrogens is 314 g/mol. The number of carbonyl (C=O) groups excluding carboxylic acids is 1. The van der Waals surface area contributed by atoms with E-state index in [9.17, 15) is 9.59 Å². The predicted octanol–water partition coefficient (Wildman–Crippen LogP) is 2.89. The minimum absolute atomic E-state index is 0.0489. The number of cyclic esters (lactones) is 1. The van der Waals surface area contributed by atoms with Crippen LogP contribution in [0.15, 0.2) is 28.7 Å². The van der Waals surface area contributed by atoms with E-state index < -0.39 is 5.97 Å².